The number of nitrogens with two attached hydrogens (primary N) is 1. The SMILES string of the molecule is Nc1ccc2c(c1CCO)OCO2. The molecule has 0 bridgehead atoms. The number of benzene rings is 1. The molecule has 0 atom stereocenters. The molecular formula is C9H11NO3. The summed E-state index contributed by atoms with van der Waals surface area (Å²) in [6, 6.07) is 3.54. The highest BCUT2D eigenvalue weighted by Crippen LogP contribution is 2.38. The molecule has 0 unspecified atom stereocenters. The van der Waals surface area contributed by atoms with Crippen LogP contribution in [0.2, 0.25) is 0 Å². The molecule has 0 spiro atoms. The van der Waals surface area contributed by atoms with Crippen molar-refractivity contribution in [3.05, 3.63) is 17.7 Å². The Morgan fingerprint density at radius 2 is 2.23 bits per heavy atom. The summed E-state index contributed by atoms with van der Waals surface area (Å²) in [5.41, 5.74) is 7.20. The van der Waals surface area contributed by atoms with E-state index in [4.69, 9.17) is 20.3 Å². The highest BCUT2D eigenvalue weighted by Gasteiger charge is 2.18. The van der Waals surface area contributed by atoms with E-state index in [2.05, 4.69) is 0 Å². The van der Waals surface area contributed by atoms with Crippen LogP contribution in [-0.4, -0.2) is 18.5 Å². The van der Waals surface area contributed by atoms with Gasteiger partial charge in [-0.05, 0) is 12.1 Å². The summed E-state index contributed by atoms with van der Waals surface area (Å²) in [6.45, 7) is 0.293. The Balaban J connectivity index is 2.45. The van der Waals surface area contributed by atoms with Crippen LogP contribution in [0.4, 0.5) is 5.69 Å². The van der Waals surface area contributed by atoms with Crippen molar-refractivity contribution in [3.63, 3.8) is 0 Å². The molecule has 3 N–H and O–H groups in total. The molecule has 0 radical (unpaired) electrons. The Bertz CT molecular complexity index is 325. The first-order valence-electron chi connectivity index (χ1n) is 4.10. The van der Waals surface area contributed by atoms with Crippen molar-refractivity contribution >= 4 is 5.69 Å². The highest BCUT2D eigenvalue weighted by molar-refractivity contribution is 5.61. The fraction of sp³-hybridized carbons (Fsp3) is 0.333. The minimum Gasteiger partial charge on any atom is -0.454 e. The Morgan fingerprint density at radius 1 is 1.38 bits per heavy atom. The van der Waals surface area contributed by atoms with E-state index in [0.717, 1.165) is 5.56 Å². The first-order valence-corrected chi connectivity index (χ1v) is 4.10. The molecule has 1 aliphatic heterocycles. The van der Waals surface area contributed by atoms with Crippen molar-refractivity contribution < 1.29 is 14.6 Å². The van der Waals surface area contributed by atoms with Crippen LogP contribution >= 0.6 is 0 Å². The molecule has 4 nitrogen and oxygen atoms in total. The fourth-order valence-corrected chi connectivity index (χ4v) is 1.42. The summed E-state index contributed by atoms with van der Waals surface area (Å²) in [5, 5.41) is 8.82. The van der Waals surface area contributed by atoms with Gasteiger partial charge in [0.05, 0.1) is 0 Å². The third-order valence-electron chi connectivity index (χ3n) is 2.04. The lowest BCUT2D eigenvalue weighted by atomic mass is 10.1. The summed E-state index contributed by atoms with van der Waals surface area (Å²) in [7, 11) is 0. The monoisotopic (exact) mass is 181 g/mol. The van der Waals surface area contributed by atoms with E-state index >= 15 is 0 Å². The first kappa shape index (κ1) is 8.19. The second-order valence-electron chi connectivity index (χ2n) is 2.84. The van der Waals surface area contributed by atoms with Gasteiger partial charge in [-0.15, -0.1) is 0 Å². The Labute approximate surface area is 75.9 Å². The molecule has 0 saturated carbocycles. The van der Waals surface area contributed by atoms with Crippen molar-refractivity contribution in [2.45, 2.75) is 6.42 Å². The van der Waals surface area contributed by atoms with Gasteiger partial charge in [-0.1, -0.05) is 0 Å². The lowest BCUT2D eigenvalue weighted by Gasteiger charge is -2.06. The van der Waals surface area contributed by atoms with Gasteiger partial charge in [0.1, 0.15) is 0 Å². The van der Waals surface area contributed by atoms with Crippen LogP contribution in [0.15, 0.2) is 12.1 Å². The molecule has 1 aromatic rings. The standard InChI is InChI=1S/C9H11NO3/c10-7-1-2-8-9(13-5-12-8)6(7)3-4-11/h1-2,11H,3-5,10H2. The van der Waals surface area contributed by atoms with Gasteiger partial charge in [-0.25, -0.2) is 0 Å². The number of ether oxygens (including phenoxy) is 2. The second kappa shape index (κ2) is 3.14. The second-order valence-corrected chi connectivity index (χ2v) is 2.84. The van der Waals surface area contributed by atoms with Gasteiger partial charge in [-0.2, -0.15) is 0 Å². The predicted molar refractivity (Wildman–Crippen MR) is 47.8 cm³/mol. The number of aliphatic hydroxyl groups is 1. The van der Waals surface area contributed by atoms with Gasteiger partial charge in [0, 0.05) is 24.3 Å². The average molecular weight is 181 g/mol. The number of aliphatic hydroxyl groups excluding tert-OH is 1. The van der Waals surface area contributed by atoms with E-state index in [0.29, 0.717) is 23.6 Å². The number of anilines is 1. The fourth-order valence-electron chi connectivity index (χ4n) is 1.42. The van der Waals surface area contributed by atoms with Crippen LogP contribution in [0, 0.1) is 0 Å². The summed E-state index contributed by atoms with van der Waals surface area (Å²) in [5.74, 6) is 1.38. The van der Waals surface area contributed by atoms with Crippen LogP contribution in [-0.2, 0) is 6.42 Å². The molecule has 0 amide bonds. The summed E-state index contributed by atoms with van der Waals surface area (Å²) in [6.07, 6.45) is 0.498. The zero-order valence-electron chi connectivity index (χ0n) is 7.12. The minimum absolute atomic E-state index is 0.0595. The van der Waals surface area contributed by atoms with Gasteiger partial charge in [0.25, 0.3) is 0 Å². The van der Waals surface area contributed by atoms with E-state index in [-0.39, 0.29) is 13.4 Å². The lowest BCUT2D eigenvalue weighted by Crippen LogP contribution is -2.00. The topological polar surface area (TPSA) is 64.7 Å². The maximum Gasteiger partial charge on any atom is 0.231 e. The van der Waals surface area contributed by atoms with Gasteiger partial charge < -0.3 is 20.3 Å². The predicted octanol–water partition coefficient (Wildman–Crippen LogP) is 0.532. The van der Waals surface area contributed by atoms with Crippen LogP contribution in [0.3, 0.4) is 0 Å². The number of nitrogen functional groups attached to an aromatic ring is 1. The molecule has 0 aliphatic carbocycles. The van der Waals surface area contributed by atoms with Crippen LogP contribution in [0.1, 0.15) is 5.56 Å². The number of hydrogen-bond donors (Lipinski definition) is 2. The van der Waals surface area contributed by atoms with E-state index < -0.39 is 0 Å². The molecule has 70 valence electrons. The summed E-state index contributed by atoms with van der Waals surface area (Å²) in [4.78, 5) is 0. The first-order chi connectivity index (χ1) is 6.33. The van der Waals surface area contributed by atoms with E-state index in [1.165, 1.54) is 0 Å². The van der Waals surface area contributed by atoms with Crippen LogP contribution in [0.5, 0.6) is 11.5 Å². The molecule has 1 aliphatic rings. The third-order valence-corrected chi connectivity index (χ3v) is 2.04. The maximum absolute atomic E-state index is 8.82. The average Bonchev–Trinajstić information content (AvgIpc) is 2.58. The Kier molecular flexibility index (Phi) is 1.98. The van der Waals surface area contributed by atoms with Crippen molar-refractivity contribution in [1.29, 1.82) is 0 Å². The molecule has 2 rings (SSSR count). The summed E-state index contributed by atoms with van der Waals surface area (Å²) < 4.78 is 10.4. The highest BCUT2D eigenvalue weighted by atomic mass is 16.7. The van der Waals surface area contributed by atoms with E-state index in [9.17, 15) is 0 Å². The number of rotatable bonds is 2. The van der Waals surface area contributed by atoms with Crippen LogP contribution < -0.4 is 15.2 Å². The molecule has 0 saturated heterocycles. The molecular weight excluding hydrogens is 170 g/mol. The molecule has 0 fully saturated rings. The third kappa shape index (κ3) is 1.29. The molecule has 0 aromatic heterocycles. The number of hydrogen-bond acceptors (Lipinski definition) is 4. The maximum atomic E-state index is 8.82. The zero-order chi connectivity index (χ0) is 9.26. The van der Waals surface area contributed by atoms with Crippen molar-refractivity contribution in [3.8, 4) is 11.5 Å². The van der Waals surface area contributed by atoms with Crippen LogP contribution in [0.25, 0.3) is 0 Å². The molecule has 4 heteroatoms. The largest absolute Gasteiger partial charge is 0.454 e. The minimum atomic E-state index is 0.0595. The molecule has 13 heavy (non-hydrogen) atoms. The Hall–Kier alpha value is -1.42. The lowest BCUT2D eigenvalue weighted by molar-refractivity contribution is 0.173. The zero-order valence-corrected chi connectivity index (χ0v) is 7.12. The van der Waals surface area contributed by atoms with Crippen molar-refractivity contribution in [2.75, 3.05) is 19.1 Å². The van der Waals surface area contributed by atoms with Crippen molar-refractivity contribution in [2.24, 2.45) is 0 Å². The van der Waals surface area contributed by atoms with Gasteiger partial charge in [-0.3, -0.25) is 0 Å². The quantitative estimate of drug-likeness (QED) is 0.653. The smallest absolute Gasteiger partial charge is 0.231 e. The summed E-state index contributed by atoms with van der Waals surface area (Å²) >= 11 is 0. The van der Waals surface area contributed by atoms with Gasteiger partial charge in [0.2, 0.25) is 6.79 Å². The normalized spacial score (nSPS) is 13.3. The van der Waals surface area contributed by atoms with E-state index in [1.54, 1.807) is 12.1 Å². The molecule has 1 aromatic carbocycles. The Morgan fingerprint density at radius 3 is 3.00 bits per heavy atom. The number of fused-ring (bicyclic) bond motifs is 1. The van der Waals surface area contributed by atoms with E-state index in [1.807, 2.05) is 0 Å². The molecule has 1 heterocycles. The van der Waals surface area contributed by atoms with Gasteiger partial charge >= 0.3 is 0 Å². The van der Waals surface area contributed by atoms with Gasteiger partial charge in [0.15, 0.2) is 11.5 Å². The van der Waals surface area contributed by atoms with Crippen molar-refractivity contribution in [1.82, 2.24) is 0 Å².